The lowest BCUT2D eigenvalue weighted by Crippen LogP contribution is -2.26. The summed E-state index contributed by atoms with van der Waals surface area (Å²) in [5.41, 5.74) is 3.59. The number of likely N-dealkylation sites (tertiary alicyclic amines) is 1. The molecule has 4 nitrogen and oxygen atoms in total. The lowest BCUT2D eigenvalue weighted by molar-refractivity contribution is -0.127. The average molecular weight is 412 g/mol. The Balaban J connectivity index is 0.00000240. The molecule has 5 heteroatoms. The average Bonchev–Trinajstić information content (AvgIpc) is 3.28. The zero-order valence-electron chi connectivity index (χ0n) is 17.1. The quantitative estimate of drug-likeness (QED) is 0.510. The summed E-state index contributed by atoms with van der Waals surface area (Å²) in [6.07, 6.45) is 4.90. The van der Waals surface area contributed by atoms with Gasteiger partial charge in [-0.15, -0.1) is 12.4 Å². The summed E-state index contributed by atoms with van der Waals surface area (Å²) >= 11 is 0. The van der Waals surface area contributed by atoms with Crippen molar-refractivity contribution in [2.24, 2.45) is 0 Å². The number of fused-ring (bicyclic) bond motifs is 1. The molecule has 1 atom stereocenters. The van der Waals surface area contributed by atoms with Crippen molar-refractivity contribution in [1.29, 1.82) is 0 Å². The highest BCUT2D eigenvalue weighted by Gasteiger charge is 2.33. The molecule has 154 valence electrons. The number of rotatable bonds is 8. The highest BCUT2D eigenvalue weighted by molar-refractivity contribution is 5.85. The summed E-state index contributed by atoms with van der Waals surface area (Å²) in [6, 6.07) is 19.0. The first-order chi connectivity index (χ1) is 13.8. The van der Waals surface area contributed by atoms with Crippen LogP contribution in [0.15, 0.2) is 54.6 Å². The maximum atomic E-state index is 12.5. The maximum Gasteiger partial charge on any atom is 0.223 e. The number of carbonyl (C=O) groups is 1. The molecule has 0 radical (unpaired) electrons. The van der Waals surface area contributed by atoms with Gasteiger partial charge in [-0.2, -0.15) is 0 Å². The molecule has 1 fully saturated rings. The minimum absolute atomic E-state index is 0. The number of amides is 1. The predicted octanol–water partition coefficient (Wildman–Crippen LogP) is 5.21. The van der Waals surface area contributed by atoms with E-state index in [1.165, 1.54) is 11.1 Å². The van der Waals surface area contributed by atoms with Crippen molar-refractivity contribution in [3.8, 4) is 0 Å². The van der Waals surface area contributed by atoms with Gasteiger partial charge in [0, 0.05) is 32.0 Å². The lowest BCUT2D eigenvalue weighted by Gasteiger charge is -2.17. The van der Waals surface area contributed by atoms with Crippen LogP contribution in [0, 0.1) is 0 Å². The second kappa shape index (κ2) is 9.93. The van der Waals surface area contributed by atoms with Crippen molar-refractivity contribution in [1.82, 2.24) is 14.5 Å². The molecule has 2 heterocycles. The Morgan fingerprint density at radius 2 is 1.76 bits per heavy atom. The number of carbonyl (C=O) groups excluding carboxylic acids is 1. The van der Waals surface area contributed by atoms with Crippen LogP contribution in [0.1, 0.15) is 49.9 Å². The van der Waals surface area contributed by atoms with Gasteiger partial charge in [0.05, 0.1) is 11.0 Å². The number of nitrogens with zero attached hydrogens (tertiary/aromatic N) is 3. The molecular weight excluding hydrogens is 382 g/mol. The Bertz CT molecular complexity index is 938. The van der Waals surface area contributed by atoms with Crippen molar-refractivity contribution in [2.45, 2.75) is 51.5 Å². The zero-order valence-corrected chi connectivity index (χ0v) is 17.9. The van der Waals surface area contributed by atoms with Crippen molar-refractivity contribution < 1.29 is 4.79 Å². The third kappa shape index (κ3) is 4.81. The number of para-hydroxylation sites is 2. The number of hydrogen-bond donors (Lipinski definition) is 0. The van der Waals surface area contributed by atoms with Crippen LogP contribution < -0.4 is 0 Å². The van der Waals surface area contributed by atoms with Crippen LogP contribution in [-0.4, -0.2) is 33.4 Å². The van der Waals surface area contributed by atoms with E-state index >= 15 is 0 Å². The third-order valence-corrected chi connectivity index (χ3v) is 5.74. The lowest BCUT2D eigenvalue weighted by atomic mass is 10.1. The fraction of sp³-hybridized carbons (Fsp3) is 0.417. The normalized spacial score (nSPS) is 16.4. The minimum atomic E-state index is 0. The first kappa shape index (κ1) is 21.4. The van der Waals surface area contributed by atoms with Gasteiger partial charge < -0.3 is 9.47 Å². The maximum absolute atomic E-state index is 12.5. The third-order valence-electron chi connectivity index (χ3n) is 5.74. The predicted molar refractivity (Wildman–Crippen MR) is 121 cm³/mol. The van der Waals surface area contributed by atoms with E-state index in [0.717, 1.165) is 56.7 Å². The first-order valence-corrected chi connectivity index (χ1v) is 10.5. The van der Waals surface area contributed by atoms with Crippen LogP contribution in [0.2, 0.25) is 0 Å². The molecule has 1 aromatic heterocycles. The van der Waals surface area contributed by atoms with Crippen molar-refractivity contribution in [2.75, 3.05) is 13.1 Å². The molecule has 0 aliphatic carbocycles. The molecule has 1 aliphatic rings. The molecule has 1 saturated heterocycles. The second-order valence-corrected chi connectivity index (χ2v) is 7.79. The summed E-state index contributed by atoms with van der Waals surface area (Å²) in [4.78, 5) is 19.5. The molecule has 0 spiro atoms. The molecule has 1 amide bonds. The van der Waals surface area contributed by atoms with E-state index in [4.69, 9.17) is 4.98 Å². The summed E-state index contributed by atoms with van der Waals surface area (Å²) in [6.45, 7) is 4.79. The van der Waals surface area contributed by atoms with Crippen molar-refractivity contribution in [3.63, 3.8) is 0 Å². The first-order valence-electron chi connectivity index (χ1n) is 10.5. The van der Waals surface area contributed by atoms with Crippen molar-refractivity contribution >= 4 is 29.3 Å². The number of benzene rings is 2. The Morgan fingerprint density at radius 1 is 1.00 bits per heavy atom. The van der Waals surface area contributed by atoms with Gasteiger partial charge in [0.15, 0.2) is 0 Å². The Hall–Kier alpha value is -2.33. The summed E-state index contributed by atoms with van der Waals surface area (Å²) in [5.74, 6) is 1.57. The molecule has 3 aromatic rings. The summed E-state index contributed by atoms with van der Waals surface area (Å²) < 4.78 is 2.36. The van der Waals surface area contributed by atoms with Gasteiger partial charge >= 0.3 is 0 Å². The van der Waals surface area contributed by atoms with Crippen LogP contribution in [0.3, 0.4) is 0 Å². The van der Waals surface area contributed by atoms with Crippen LogP contribution in [-0.2, 0) is 17.8 Å². The number of hydrogen-bond acceptors (Lipinski definition) is 2. The number of aromatic nitrogens is 2. The molecule has 1 unspecified atom stereocenters. The molecule has 29 heavy (non-hydrogen) atoms. The number of imidazole rings is 1. The van der Waals surface area contributed by atoms with E-state index in [9.17, 15) is 4.79 Å². The van der Waals surface area contributed by atoms with Gasteiger partial charge in [0.1, 0.15) is 5.82 Å². The molecule has 2 aromatic carbocycles. The van der Waals surface area contributed by atoms with Gasteiger partial charge in [-0.3, -0.25) is 4.79 Å². The number of unbranched alkanes of at least 4 members (excludes halogenated alkanes) is 1. The fourth-order valence-corrected chi connectivity index (χ4v) is 4.24. The van der Waals surface area contributed by atoms with Gasteiger partial charge in [-0.1, -0.05) is 55.8 Å². The van der Waals surface area contributed by atoms with Crippen LogP contribution in [0.4, 0.5) is 0 Å². The Morgan fingerprint density at radius 3 is 2.55 bits per heavy atom. The molecular formula is C24H30ClN3O. The van der Waals surface area contributed by atoms with Crippen LogP contribution in [0.5, 0.6) is 0 Å². The number of halogens is 1. The molecule has 0 saturated carbocycles. The Kier molecular flexibility index (Phi) is 7.32. The standard InChI is InChI=1S/C24H29N3O.ClH/c1-2-3-15-26-18-20(17-23(26)28)24-25-21-13-7-8-14-22(21)27(24)16-9-12-19-10-5-4-6-11-19;/h4-8,10-11,13-14,20H,2-3,9,12,15-18H2,1H3;1H. The van der Waals surface area contributed by atoms with E-state index < -0.39 is 0 Å². The van der Waals surface area contributed by atoms with E-state index in [1.807, 2.05) is 11.0 Å². The largest absolute Gasteiger partial charge is 0.342 e. The molecule has 4 rings (SSSR count). The van der Waals surface area contributed by atoms with E-state index in [0.29, 0.717) is 6.42 Å². The van der Waals surface area contributed by atoms with Gasteiger partial charge in [0.2, 0.25) is 5.91 Å². The van der Waals surface area contributed by atoms with Crippen LogP contribution in [0.25, 0.3) is 11.0 Å². The zero-order chi connectivity index (χ0) is 19.3. The highest BCUT2D eigenvalue weighted by Crippen LogP contribution is 2.31. The summed E-state index contributed by atoms with van der Waals surface area (Å²) in [5, 5.41) is 0. The number of aryl methyl sites for hydroxylation is 2. The SMILES string of the molecule is CCCCN1CC(c2nc3ccccc3n2CCCc2ccccc2)CC1=O.Cl. The second-order valence-electron chi connectivity index (χ2n) is 7.79. The van der Waals surface area contributed by atoms with Gasteiger partial charge in [0.25, 0.3) is 0 Å². The summed E-state index contributed by atoms with van der Waals surface area (Å²) in [7, 11) is 0. The van der Waals surface area contributed by atoms with Crippen molar-refractivity contribution in [3.05, 3.63) is 66.0 Å². The molecule has 1 aliphatic heterocycles. The van der Waals surface area contributed by atoms with E-state index in [-0.39, 0.29) is 24.2 Å². The fourth-order valence-electron chi connectivity index (χ4n) is 4.24. The van der Waals surface area contributed by atoms with E-state index in [1.54, 1.807) is 0 Å². The van der Waals surface area contributed by atoms with Gasteiger partial charge in [-0.05, 0) is 37.0 Å². The topological polar surface area (TPSA) is 38.1 Å². The smallest absolute Gasteiger partial charge is 0.223 e. The highest BCUT2D eigenvalue weighted by atomic mass is 35.5. The van der Waals surface area contributed by atoms with E-state index in [2.05, 4.69) is 60.0 Å². The molecule has 0 bridgehead atoms. The van der Waals surface area contributed by atoms with Crippen LogP contribution >= 0.6 is 12.4 Å². The van der Waals surface area contributed by atoms with Gasteiger partial charge in [-0.25, -0.2) is 4.98 Å². The minimum Gasteiger partial charge on any atom is -0.342 e. The monoisotopic (exact) mass is 411 g/mol. The Labute approximate surface area is 179 Å². The molecule has 0 N–H and O–H groups in total.